The van der Waals surface area contributed by atoms with Crippen LogP contribution in [0.15, 0.2) is 24.3 Å². The maximum Gasteiger partial charge on any atom is 0.326 e. The van der Waals surface area contributed by atoms with E-state index in [1.54, 1.807) is 35.9 Å². The van der Waals surface area contributed by atoms with E-state index in [0.29, 0.717) is 37.9 Å². The highest BCUT2D eigenvalue weighted by Gasteiger charge is 2.43. The molecule has 2 rings (SSSR count). The van der Waals surface area contributed by atoms with Crippen molar-refractivity contribution in [1.29, 1.82) is 0 Å². The average Bonchev–Trinajstić information content (AvgIpc) is 3.63. The van der Waals surface area contributed by atoms with Crippen molar-refractivity contribution in [2.45, 2.75) is 130 Å². The Morgan fingerprint density at radius 2 is 1.53 bits per heavy atom. The summed E-state index contributed by atoms with van der Waals surface area (Å²) >= 11 is 0. The van der Waals surface area contributed by atoms with Gasteiger partial charge in [0.15, 0.2) is 0 Å². The van der Waals surface area contributed by atoms with Gasteiger partial charge in [-0.2, -0.15) is 0 Å². The van der Waals surface area contributed by atoms with Crippen LogP contribution in [-0.2, 0) is 39.9 Å². The minimum absolute atomic E-state index is 0.0193. The molecule has 0 aromatic heterocycles. The van der Waals surface area contributed by atoms with Crippen molar-refractivity contribution in [3.05, 3.63) is 29.8 Å². The van der Waals surface area contributed by atoms with Gasteiger partial charge in [-0.1, -0.05) is 73.9 Å². The van der Waals surface area contributed by atoms with Gasteiger partial charge in [0.2, 0.25) is 23.6 Å². The van der Waals surface area contributed by atoms with Crippen LogP contribution in [0.25, 0.3) is 0 Å². The molecule has 14 nitrogen and oxygen atoms in total. The second-order valence-corrected chi connectivity index (χ2v) is 15.9. The molecule has 9 atom stereocenters. The highest BCUT2D eigenvalue weighted by molar-refractivity contribution is 5.90. The zero-order chi connectivity index (χ0) is 41.7. The van der Waals surface area contributed by atoms with Crippen LogP contribution in [0.4, 0.5) is 0 Å². The predicted molar refractivity (Wildman–Crippen MR) is 211 cm³/mol. The van der Waals surface area contributed by atoms with E-state index in [9.17, 15) is 34.2 Å². The highest BCUT2D eigenvalue weighted by atomic mass is 16.5. The molecule has 55 heavy (non-hydrogen) atoms. The van der Waals surface area contributed by atoms with E-state index in [1.807, 2.05) is 60.4 Å². The van der Waals surface area contributed by atoms with Crippen molar-refractivity contribution < 1.29 is 43.7 Å². The molecular formula is C41H69N5O9. The number of aromatic hydroxyl groups is 1. The number of carbonyl (C=O) groups excluding carboxylic acids is 4. The van der Waals surface area contributed by atoms with Gasteiger partial charge < -0.3 is 40.1 Å². The molecule has 1 fully saturated rings. The predicted octanol–water partition coefficient (Wildman–Crippen LogP) is 3.54. The number of likely N-dealkylation sites (tertiary alicyclic amines) is 1. The third-order valence-corrected chi connectivity index (χ3v) is 11.4. The molecule has 0 spiro atoms. The Balaban J connectivity index is 2.28. The van der Waals surface area contributed by atoms with Gasteiger partial charge in [-0.25, -0.2) is 4.79 Å². The fraction of sp³-hybridized carbons (Fsp3) is 0.732. The third kappa shape index (κ3) is 12.6. The van der Waals surface area contributed by atoms with Crippen molar-refractivity contribution in [1.82, 2.24) is 25.3 Å². The Bertz CT molecular complexity index is 1410. The maximum atomic E-state index is 14.3. The Hall–Kier alpha value is -3.75. The largest absolute Gasteiger partial charge is 0.508 e. The van der Waals surface area contributed by atoms with Crippen LogP contribution in [-0.4, -0.2) is 138 Å². The molecule has 0 aliphatic carbocycles. The van der Waals surface area contributed by atoms with Crippen molar-refractivity contribution in [3.8, 4) is 5.75 Å². The zero-order valence-electron chi connectivity index (χ0n) is 35.2. The lowest BCUT2D eigenvalue weighted by Gasteiger charge is -2.41. The van der Waals surface area contributed by atoms with Gasteiger partial charge in [0.25, 0.3) is 0 Å². The number of amides is 4. The first-order chi connectivity index (χ1) is 25.8. The van der Waals surface area contributed by atoms with Gasteiger partial charge >= 0.3 is 5.97 Å². The van der Waals surface area contributed by atoms with Gasteiger partial charge in [-0.3, -0.25) is 24.1 Å². The molecule has 4 N–H and O–H groups in total. The molecule has 1 aliphatic heterocycles. The van der Waals surface area contributed by atoms with Gasteiger partial charge in [-0.05, 0) is 61.9 Å². The minimum Gasteiger partial charge on any atom is -0.508 e. The van der Waals surface area contributed by atoms with Gasteiger partial charge in [0, 0.05) is 34.2 Å². The van der Waals surface area contributed by atoms with Crippen molar-refractivity contribution in [2.75, 3.05) is 41.4 Å². The number of phenols is 1. The minimum atomic E-state index is -1.21. The number of rotatable bonds is 22. The number of carboxylic acid groups (broad SMARTS) is 1. The number of carbonyl (C=O) groups is 5. The lowest BCUT2D eigenvalue weighted by Crippen LogP contribution is -2.60. The summed E-state index contributed by atoms with van der Waals surface area (Å²) in [5.74, 6) is -3.35. The van der Waals surface area contributed by atoms with E-state index in [-0.39, 0.29) is 54.1 Å². The summed E-state index contributed by atoms with van der Waals surface area (Å²) in [6.45, 7) is 16.6. The first-order valence-corrected chi connectivity index (χ1v) is 19.8. The number of nitrogens with one attached hydrogen (secondary N) is 2. The van der Waals surface area contributed by atoms with E-state index in [4.69, 9.17) is 9.47 Å². The summed E-state index contributed by atoms with van der Waals surface area (Å²) in [6, 6.07) is 2.77. The third-order valence-electron chi connectivity index (χ3n) is 11.4. The molecule has 1 aromatic rings. The molecule has 1 aliphatic rings. The topological polar surface area (TPSA) is 178 Å². The Kier molecular flexibility index (Phi) is 19.1. The molecule has 14 heteroatoms. The molecule has 2 unspecified atom stereocenters. The Morgan fingerprint density at radius 3 is 2.02 bits per heavy atom. The Morgan fingerprint density at radius 1 is 0.909 bits per heavy atom. The van der Waals surface area contributed by atoms with E-state index >= 15 is 0 Å². The molecule has 312 valence electrons. The summed E-state index contributed by atoms with van der Waals surface area (Å²) in [5, 5.41) is 25.2. The molecule has 0 bridgehead atoms. The van der Waals surface area contributed by atoms with Crippen LogP contribution in [0.3, 0.4) is 0 Å². The quantitative estimate of drug-likeness (QED) is 0.136. The highest BCUT2D eigenvalue weighted by Crippen LogP contribution is 2.30. The van der Waals surface area contributed by atoms with Crippen LogP contribution < -0.4 is 10.6 Å². The summed E-state index contributed by atoms with van der Waals surface area (Å²) in [6.07, 6.45) is 0.582. The number of hydrogen-bond acceptors (Lipinski definition) is 9. The lowest BCUT2D eigenvalue weighted by molar-refractivity contribution is -0.148. The van der Waals surface area contributed by atoms with E-state index in [2.05, 4.69) is 10.6 Å². The standard InChI is InChI=1S/C41H69N5O9/c1-13-26(7)36(45(10)40(51)34(24(3)4)43-39(50)35(25(5)6)44(9)14-2)32(54-11)23-33(48)46-21-15-16-31(46)37(55-12)27(8)38(49)42-30(41(52)53)22-28-17-19-29(47)20-18-28/h17-20,24-27,30-32,34-37,47H,13-16,21-23H2,1-12H3,(H,42,49)(H,43,50)(H,52,53)/t26?,27-,30?,31+,32-,34+,35+,36+,37-/m1/s1. The first kappa shape index (κ1) is 47.4. The number of carboxylic acids is 1. The maximum absolute atomic E-state index is 14.3. The lowest BCUT2D eigenvalue weighted by atomic mass is 9.89. The number of methoxy groups -OCH3 is 2. The smallest absolute Gasteiger partial charge is 0.326 e. The second-order valence-electron chi connectivity index (χ2n) is 15.9. The van der Waals surface area contributed by atoms with Crippen LogP contribution in [0.2, 0.25) is 0 Å². The Labute approximate surface area is 328 Å². The number of nitrogens with zero attached hydrogens (tertiary/aromatic N) is 3. The normalized spacial score (nSPS) is 19.0. The van der Waals surface area contributed by atoms with Crippen molar-refractivity contribution >= 4 is 29.6 Å². The number of phenolic OH excluding ortho intramolecular Hbond substituents is 1. The second kappa shape index (κ2) is 22.1. The fourth-order valence-corrected chi connectivity index (χ4v) is 7.86. The number of ether oxygens (including phenoxy) is 2. The molecular weight excluding hydrogens is 706 g/mol. The van der Waals surface area contributed by atoms with Gasteiger partial charge in [-0.15, -0.1) is 0 Å². The summed E-state index contributed by atoms with van der Waals surface area (Å²) in [7, 11) is 6.61. The summed E-state index contributed by atoms with van der Waals surface area (Å²) in [5.41, 5.74) is 0.633. The SMILES string of the molecule is CCC(C)[C@@H]([C@@H](CC(=O)N1CCC[C@H]1[C@H](OC)[C@@H](C)C(=O)NC(Cc1ccc(O)cc1)C(=O)O)OC)N(C)C(=O)[C@@H](NC(=O)[C@H](C(C)C)N(C)CC)C(C)C. The van der Waals surface area contributed by atoms with Crippen LogP contribution in [0.1, 0.15) is 86.6 Å². The molecule has 4 amide bonds. The number of hydrogen-bond donors (Lipinski definition) is 4. The van der Waals surface area contributed by atoms with Crippen molar-refractivity contribution in [3.63, 3.8) is 0 Å². The first-order valence-electron chi connectivity index (χ1n) is 19.8. The van der Waals surface area contributed by atoms with Crippen molar-refractivity contribution in [2.24, 2.45) is 23.7 Å². The van der Waals surface area contributed by atoms with Gasteiger partial charge in [0.05, 0.1) is 42.7 Å². The summed E-state index contributed by atoms with van der Waals surface area (Å²) in [4.78, 5) is 73.0. The number of benzene rings is 1. The monoisotopic (exact) mass is 776 g/mol. The average molecular weight is 776 g/mol. The van der Waals surface area contributed by atoms with Crippen LogP contribution >= 0.6 is 0 Å². The molecule has 1 aromatic carbocycles. The van der Waals surface area contributed by atoms with Gasteiger partial charge in [0.1, 0.15) is 17.8 Å². The van der Waals surface area contributed by atoms with Crippen LogP contribution in [0, 0.1) is 23.7 Å². The molecule has 0 saturated carbocycles. The summed E-state index contributed by atoms with van der Waals surface area (Å²) < 4.78 is 11.9. The van der Waals surface area contributed by atoms with Crippen LogP contribution in [0.5, 0.6) is 5.75 Å². The van der Waals surface area contributed by atoms with E-state index in [0.717, 1.165) is 0 Å². The molecule has 1 heterocycles. The molecule has 0 radical (unpaired) electrons. The van der Waals surface area contributed by atoms with E-state index < -0.39 is 60.2 Å². The number of likely N-dealkylation sites (N-methyl/N-ethyl adjacent to an activating group) is 2. The van der Waals surface area contributed by atoms with E-state index in [1.165, 1.54) is 26.4 Å². The number of aliphatic carboxylic acids is 1. The fourth-order valence-electron chi connectivity index (χ4n) is 7.86. The zero-order valence-corrected chi connectivity index (χ0v) is 35.2. The molecule has 1 saturated heterocycles.